The summed E-state index contributed by atoms with van der Waals surface area (Å²) in [7, 11) is -6.00. The second-order valence-electron chi connectivity index (χ2n) is 4.54. The number of carbonyl (C=O) groups is 1. The molecule has 0 saturated heterocycles. The fraction of sp³-hybridized carbons (Fsp3) is 0.417. The van der Waals surface area contributed by atoms with Crippen LogP contribution < -0.4 is 9.50 Å². The first kappa shape index (κ1) is 19.3. The zero-order chi connectivity index (χ0) is 20.3. The van der Waals surface area contributed by atoms with Crippen molar-refractivity contribution in [2.45, 2.75) is 24.2 Å². The summed E-state index contributed by atoms with van der Waals surface area (Å²) in [6.07, 6.45) is -7.22. The van der Waals surface area contributed by atoms with Crippen LogP contribution in [0, 0.1) is 0 Å². The monoisotopic (exact) mass is 396 g/mol. The first-order valence-corrected chi connectivity index (χ1v) is 7.70. The lowest BCUT2D eigenvalue weighted by Gasteiger charge is -2.14. The minimum atomic E-state index is -6.00. The Balaban J connectivity index is 2.85. The Bertz CT molecular complexity index is 764. The minimum absolute atomic E-state index is 0.286. The van der Waals surface area contributed by atoms with Crippen molar-refractivity contribution in [2.75, 3.05) is 6.54 Å². The summed E-state index contributed by atoms with van der Waals surface area (Å²) in [5, 5.41) is 11.3. The second-order valence-corrected chi connectivity index (χ2v) is 6.08. The van der Waals surface area contributed by atoms with Gasteiger partial charge in [-0.2, -0.15) is 34.8 Å². The van der Waals surface area contributed by atoms with Gasteiger partial charge in [-0.05, 0) is 24.1 Å². The Morgan fingerprint density at radius 2 is 1.88 bits per heavy atom. The van der Waals surface area contributed by atoms with Crippen molar-refractivity contribution >= 4 is 16.0 Å². The molecule has 0 aromatic heterocycles. The van der Waals surface area contributed by atoms with E-state index in [2.05, 4.69) is 4.18 Å². The van der Waals surface area contributed by atoms with E-state index in [0.29, 0.717) is 12.1 Å². The van der Waals surface area contributed by atoms with Gasteiger partial charge in [0.25, 0.3) is 0 Å². The normalized spacial score (nSPS) is 14.6. The molecule has 1 atom stereocenters. The van der Waals surface area contributed by atoms with Crippen LogP contribution in [0.5, 0.6) is 5.75 Å². The van der Waals surface area contributed by atoms with Crippen molar-refractivity contribution < 1.29 is 50.2 Å². The van der Waals surface area contributed by atoms with Crippen molar-refractivity contribution in [2.24, 2.45) is 0 Å². The van der Waals surface area contributed by atoms with E-state index in [1.54, 1.807) is 0 Å². The fourth-order valence-electron chi connectivity index (χ4n) is 1.47. The van der Waals surface area contributed by atoms with Gasteiger partial charge in [0.05, 0.1) is 7.47 Å². The predicted octanol–water partition coefficient (Wildman–Crippen LogP) is 2.02. The average molecular weight is 396 g/mol. The molecule has 1 aromatic carbocycles. The van der Waals surface area contributed by atoms with Gasteiger partial charge in [-0.15, -0.1) is 0 Å². The highest BCUT2D eigenvalue weighted by Gasteiger charge is 2.48. The van der Waals surface area contributed by atoms with Crippen LogP contribution in [-0.2, 0) is 14.9 Å². The van der Waals surface area contributed by atoms with Crippen molar-refractivity contribution in [1.82, 2.24) is 5.32 Å². The molecule has 1 amide bonds. The number of rotatable bonds is 6. The molecule has 25 heavy (non-hydrogen) atoms. The third kappa shape index (κ3) is 6.08. The number of hydrogen-bond acceptors (Lipinski definition) is 5. The maximum absolute atomic E-state index is 12.3. The molecule has 142 valence electrons. The largest absolute Gasteiger partial charge is 0.534 e. The molecule has 0 spiro atoms. The van der Waals surface area contributed by atoms with Crippen LogP contribution in [0.2, 0.25) is 0 Å². The Kier molecular flexibility index (Phi) is 5.77. The van der Waals surface area contributed by atoms with E-state index in [1.807, 2.05) is 0 Å². The van der Waals surface area contributed by atoms with E-state index in [-0.39, 0.29) is 5.56 Å². The summed E-state index contributed by atoms with van der Waals surface area (Å²) in [6.45, 7) is -0.640. The first-order chi connectivity index (χ1) is 11.6. The molecule has 0 bridgehead atoms. The Labute approximate surface area is 138 Å². The fourth-order valence-corrected chi connectivity index (χ4v) is 1.92. The van der Waals surface area contributed by atoms with Gasteiger partial charge >= 0.3 is 27.7 Å². The van der Waals surface area contributed by atoms with Gasteiger partial charge in [0.2, 0.25) is 0 Å². The van der Waals surface area contributed by atoms with Gasteiger partial charge in [0.1, 0.15) is 5.75 Å². The second kappa shape index (κ2) is 7.47. The Hall–Kier alpha value is -2.02. The number of amides is 1. The standard InChI is InChI=1S/C12H11F6NO5S/c13-11(14,15)10(21)19-5-4-9(20)7-2-1-3-8(6-7)24-25(22,23)12(16,17)18/h1-3,6,9,20H,4-5H2,(H,19,21)/i1D. The molecule has 0 heterocycles. The summed E-state index contributed by atoms with van der Waals surface area (Å²) < 4.78 is 106. The molecule has 0 aliphatic carbocycles. The van der Waals surface area contributed by atoms with Gasteiger partial charge in [-0.1, -0.05) is 12.1 Å². The maximum atomic E-state index is 12.3. The summed E-state index contributed by atoms with van der Waals surface area (Å²) in [6, 6.07) is 1.72. The van der Waals surface area contributed by atoms with Gasteiger partial charge in [0.15, 0.2) is 0 Å². The molecule has 0 saturated carbocycles. The van der Waals surface area contributed by atoms with Crippen LogP contribution in [0.15, 0.2) is 24.2 Å². The number of nitrogens with one attached hydrogen (secondary N) is 1. The van der Waals surface area contributed by atoms with E-state index in [4.69, 9.17) is 1.37 Å². The SMILES string of the molecule is [2H]c1cc(OS(=O)(=O)C(F)(F)F)cc(C(O)CCNC(=O)C(F)(F)F)c1. The molecule has 1 rings (SSSR count). The van der Waals surface area contributed by atoms with Gasteiger partial charge in [0, 0.05) is 6.54 Å². The molecule has 2 N–H and O–H groups in total. The third-order valence-corrected chi connectivity index (χ3v) is 3.60. The molecule has 0 aliphatic heterocycles. The van der Waals surface area contributed by atoms with Crippen LogP contribution in [0.4, 0.5) is 26.3 Å². The number of carbonyl (C=O) groups excluding carboxylic acids is 1. The first-order valence-electron chi connectivity index (χ1n) is 6.79. The van der Waals surface area contributed by atoms with Crippen LogP contribution in [0.1, 0.15) is 19.5 Å². The number of alkyl halides is 6. The molecular formula is C12H11F6NO5S. The molecule has 0 aliphatic rings. The van der Waals surface area contributed by atoms with Crippen LogP contribution in [0.3, 0.4) is 0 Å². The third-order valence-electron chi connectivity index (χ3n) is 2.62. The topological polar surface area (TPSA) is 92.7 Å². The summed E-state index contributed by atoms with van der Waals surface area (Å²) in [5.41, 5.74) is -6.00. The molecule has 1 unspecified atom stereocenters. The van der Waals surface area contributed by atoms with Crippen molar-refractivity contribution in [3.8, 4) is 5.75 Å². The zero-order valence-corrected chi connectivity index (χ0v) is 12.8. The lowest BCUT2D eigenvalue weighted by Crippen LogP contribution is -2.37. The van der Waals surface area contributed by atoms with Gasteiger partial charge < -0.3 is 14.6 Å². The highest BCUT2D eigenvalue weighted by Crippen LogP contribution is 2.28. The lowest BCUT2D eigenvalue weighted by molar-refractivity contribution is -0.173. The zero-order valence-electron chi connectivity index (χ0n) is 13.0. The number of hydrogen-bond donors (Lipinski definition) is 2. The summed E-state index contributed by atoms with van der Waals surface area (Å²) >= 11 is 0. The Morgan fingerprint density at radius 3 is 2.40 bits per heavy atom. The molecule has 6 nitrogen and oxygen atoms in total. The van der Waals surface area contributed by atoms with Crippen LogP contribution in [-0.4, -0.2) is 37.7 Å². The highest BCUT2D eigenvalue weighted by molar-refractivity contribution is 7.88. The van der Waals surface area contributed by atoms with Crippen LogP contribution in [0.25, 0.3) is 0 Å². The van der Waals surface area contributed by atoms with E-state index in [9.17, 15) is 44.7 Å². The number of aliphatic hydroxyl groups is 1. The summed E-state index contributed by atoms with van der Waals surface area (Å²) in [4.78, 5) is 10.6. The Morgan fingerprint density at radius 1 is 1.28 bits per heavy atom. The molecular weight excluding hydrogens is 384 g/mol. The predicted molar refractivity (Wildman–Crippen MR) is 70.7 cm³/mol. The number of benzene rings is 1. The van der Waals surface area contributed by atoms with E-state index in [0.717, 1.165) is 6.07 Å². The molecule has 0 fully saturated rings. The average Bonchev–Trinajstić information content (AvgIpc) is 2.43. The van der Waals surface area contributed by atoms with Crippen molar-refractivity contribution in [3.63, 3.8) is 0 Å². The van der Waals surface area contributed by atoms with Crippen LogP contribution >= 0.6 is 0 Å². The van der Waals surface area contributed by atoms with E-state index in [1.165, 1.54) is 5.32 Å². The quantitative estimate of drug-likeness (QED) is 0.436. The van der Waals surface area contributed by atoms with E-state index < -0.39 is 58.6 Å². The van der Waals surface area contributed by atoms with E-state index >= 15 is 0 Å². The molecule has 1 aromatic rings. The smallest absolute Gasteiger partial charge is 0.388 e. The van der Waals surface area contributed by atoms with Gasteiger partial charge in [-0.25, -0.2) is 0 Å². The highest BCUT2D eigenvalue weighted by atomic mass is 32.2. The number of aliphatic hydroxyl groups excluding tert-OH is 1. The molecule has 13 heteroatoms. The minimum Gasteiger partial charge on any atom is -0.388 e. The number of halogens is 6. The summed E-state index contributed by atoms with van der Waals surface area (Å²) in [5.74, 6) is -3.16. The molecule has 0 radical (unpaired) electrons. The maximum Gasteiger partial charge on any atom is 0.534 e. The van der Waals surface area contributed by atoms with Crippen molar-refractivity contribution in [3.05, 3.63) is 29.8 Å². The van der Waals surface area contributed by atoms with Gasteiger partial charge in [-0.3, -0.25) is 4.79 Å². The van der Waals surface area contributed by atoms with Crippen molar-refractivity contribution in [1.29, 1.82) is 0 Å². The lowest BCUT2D eigenvalue weighted by atomic mass is 10.1.